The normalized spacial score (nSPS) is 25.2. The van der Waals surface area contributed by atoms with Crippen molar-refractivity contribution in [3.63, 3.8) is 0 Å². The Morgan fingerprint density at radius 3 is 2.40 bits per heavy atom. The molecule has 0 aliphatic heterocycles. The minimum atomic E-state index is -0.0779. The standard InChI is InChI=1S/C9H13IN2O.BH4.Na/c10-7-5-11-12(6-7)8-1-3-9(13)4-2-8;;/h5-6,8-9,13H,1-4H2;1H4;/q;-1;+1. The Labute approximate surface area is 128 Å². The third kappa shape index (κ3) is 4.38. The van der Waals surface area contributed by atoms with Crippen molar-refractivity contribution in [1.29, 1.82) is 0 Å². The number of hydrogen-bond acceptors (Lipinski definition) is 2. The Morgan fingerprint density at radius 2 is 1.93 bits per heavy atom. The first-order chi connectivity index (χ1) is 6.25. The van der Waals surface area contributed by atoms with Crippen molar-refractivity contribution in [3.8, 4) is 0 Å². The molecule has 1 heterocycles. The number of aliphatic hydroxyl groups is 1. The van der Waals surface area contributed by atoms with Gasteiger partial charge in [-0.3, -0.25) is 4.68 Å². The summed E-state index contributed by atoms with van der Waals surface area (Å²) >= 11 is 2.27. The van der Waals surface area contributed by atoms with Gasteiger partial charge in [0.15, 0.2) is 0 Å². The van der Waals surface area contributed by atoms with E-state index in [2.05, 4.69) is 33.9 Å². The molecule has 0 bridgehead atoms. The van der Waals surface area contributed by atoms with Crippen LogP contribution in [0.2, 0.25) is 0 Å². The van der Waals surface area contributed by atoms with Crippen LogP contribution < -0.4 is 29.6 Å². The molecule has 0 saturated heterocycles. The van der Waals surface area contributed by atoms with E-state index >= 15 is 0 Å². The predicted octanol–water partition coefficient (Wildman–Crippen LogP) is -2.48. The number of hydrogen-bond donors (Lipinski definition) is 1. The zero-order valence-corrected chi connectivity index (χ0v) is 12.5. The topological polar surface area (TPSA) is 38.0 Å². The van der Waals surface area contributed by atoms with Crippen LogP contribution in [0.1, 0.15) is 31.7 Å². The summed E-state index contributed by atoms with van der Waals surface area (Å²) < 4.78 is 3.22. The number of halogens is 1. The van der Waals surface area contributed by atoms with Gasteiger partial charge in [0.2, 0.25) is 0 Å². The maximum Gasteiger partial charge on any atom is 1.00 e. The average Bonchev–Trinajstić information content (AvgIpc) is 2.53. The summed E-state index contributed by atoms with van der Waals surface area (Å²) in [5.74, 6) is 0. The van der Waals surface area contributed by atoms with E-state index in [0.29, 0.717) is 6.04 Å². The Bertz CT molecular complexity index is 289. The van der Waals surface area contributed by atoms with Crippen molar-refractivity contribution >= 4 is 31.0 Å². The van der Waals surface area contributed by atoms with Crippen LogP contribution in [0.3, 0.4) is 0 Å². The Hall–Kier alpha value is 0.965. The molecule has 0 atom stereocenters. The second kappa shape index (κ2) is 7.32. The van der Waals surface area contributed by atoms with Gasteiger partial charge in [0, 0.05) is 6.20 Å². The van der Waals surface area contributed by atoms with E-state index in [1.807, 2.05) is 10.9 Å². The van der Waals surface area contributed by atoms with Gasteiger partial charge in [-0.15, -0.1) is 0 Å². The fraction of sp³-hybridized carbons (Fsp3) is 0.667. The maximum absolute atomic E-state index is 9.35. The zero-order valence-electron chi connectivity index (χ0n) is 8.36. The number of aromatic nitrogens is 2. The van der Waals surface area contributed by atoms with Crippen LogP contribution in [0.4, 0.5) is 0 Å². The van der Waals surface area contributed by atoms with Gasteiger partial charge in [0.25, 0.3) is 0 Å². The van der Waals surface area contributed by atoms with E-state index in [1.165, 1.54) is 3.57 Å². The molecule has 1 N–H and O–H groups in total. The molecule has 1 saturated carbocycles. The fourth-order valence-electron chi connectivity index (χ4n) is 1.84. The molecular formula is C9H17BIN2NaO. The van der Waals surface area contributed by atoms with Gasteiger partial charge < -0.3 is 5.11 Å². The number of rotatable bonds is 1. The van der Waals surface area contributed by atoms with Gasteiger partial charge in [-0.2, -0.15) is 5.10 Å². The predicted molar refractivity (Wildman–Crippen MR) is 69.8 cm³/mol. The van der Waals surface area contributed by atoms with E-state index < -0.39 is 0 Å². The van der Waals surface area contributed by atoms with Crippen LogP contribution >= 0.6 is 22.6 Å². The molecule has 0 amide bonds. The number of nitrogens with zero attached hydrogens (tertiary/aromatic N) is 2. The minimum absolute atomic E-state index is 0. The van der Waals surface area contributed by atoms with Crippen molar-refractivity contribution < 1.29 is 34.7 Å². The Morgan fingerprint density at radius 1 is 1.33 bits per heavy atom. The third-order valence-corrected chi connectivity index (χ3v) is 3.17. The summed E-state index contributed by atoms with van der Waals surface area (Å²) in [6.07, 6.45) is 7.82. The molecule has 1 aliphatic rings. The maximum atomic E-state index is 9.35. The fourth-order valence-corrected chi connectivity index (χ4v) is 2.25. The van der Waals surface area contributed by atoms with Crippen LogP contribution in [-0.4, -0.2) is 29.4 Å². The summed E-state index contributed by atoms with van der Waals surface area (Å²) in [5, 5.41) is 13.6. The molecule has 0 spiro atoms. The number of aliphatic hydroxyl groups excluding tert-OH is 1. The van der Waals surface area contributed by atoms with Gasteiger partial charge >= 0.3 is 29.6 Å². The molecule has 3 nitrogen and oxygen atoms in total. The van der Waals surface area contributed by atoms with Crippen LogP contribution in [0.5, 0.6) is 0 Å². The van der Waals surface area contributed by atoms with Crippen molar-refractivity contribution in [2.24, 2.45) is 0 Å². The molecule has 0 unspecified atom stereocenters. The second-order valence-electron chi connectivity index (χ2n) is 3.60. The molecule has 1 fully saturated rings. The first-order valence-corrected chi connectivity index (χ1v) is 5.71. The SMILES string of the molecule is OC1CCC(n2cc(I)cn2)CC1.[BH4-].[Na+]. The van der Waals surface area contributed by atoms with Crippen LogP contribution in [0.15, 0.2) is 12.4 Å². The molecule has 1 aromatic heterocycles. The summed E-state index contributed by atoms with van der Waals surface area (Å²) in [5.41, 5.74) is 0. The van der Waals surface area contributed by atoms with E-state index in [1.54, 1.807) is 0 Å². The second-order valence-corrected chi connectivity index (χ2v) is 4.85. The first-order valence-electron chi connectivity index (χ1n) is 4.63. The minimum Gasteiger partial charge on any atom is -0.393 e. The summed E-state index contributed by atoms with van der Waals surface area (Å²) in [6.45, 7) is 0. The quantitative estimate of drug-likeness (QED) is 0.457. The van der Waals surface area contributed by atoms with E-state index in [-0.39, 0.29) is 44.1 Å². The van der Waals surface area contributed by atoms with E-state index in [9.17, 15) is 5.11 Å². The molecule has 80 valence electrons. The molecule has 1 aromatic rings. The molecule has 2 rings (SSSR count). The average molecular weight is 330 g/mol. The molecule has 1 aliphatic carbocycles. The van der Waals surface area contributed by atoms with Crippen molar-refractivity contribution in [2.45, 2.75) is 37.8 Å². The summed E-state index contributed by atoms with van der Waals surface area (Å²) in [6, 6.07) is 0.506. The Kier molecular flexibility index (Phi) is 7.79. The van der Waals surface area contributed by atoms with E-state index in [0.717, 1.165) is 25.7 Å². The van der Waals surface area contributed by atoms with Gasteiger partial charge in [-0.25, -0.2) is 0 Å². The molecule has 0 aromatic carbocycles. The third-order valence-electron chi connectivity index (χ3n) is 2.61. The zero-order chi connectivity index (χ0) is 9.26. The van der Waals surface area contributed by atoms with Crippen LogP contribution in [-0.2, 0) is 0 Å². The van der Waals surface area contributed by atoms with Crippen molar-refractivity contribution in [1.82, 2.24) is 9.78 Å². The largest absolute Gasteiger partial charge is 1.00 e. The van der Waals surface area contributed by atoms with Gasteiger partial charge in [-0.1, -0.05) is 8.41 Å². The molecular weight excluding hydrogens is 313 g/mol. The van der Waals surface area contributed by atoms with Gasteiger partial charge in [-0.05, 0) is 48.3 Å². The molecule has 15 heavy (non-hydrogen) atoms. The summed E-state index contributed by atoms with van der Waals surface area (Å²) in [4.78, 5) is 0. The molecule has 0 radical (unpaired) electrons. The van der Waals surface area contributed by atoms with E-state index in [4.69, 9.17) is 0 Å². The van der Waals surface area contributed by atoms with Crippen LogP contribution in [0.25, 0.3) is 0 Å². The van der Waals surface area contributed by atoms with Crippen molar-refractivity contribution in [2.75, 3.05) is 0 Å². The van der Waals surface area contributed by atoms with Gasteiger partial charge in [0.05, 0.1) is 21.9 Å². The summed E-state index contributed by atoms with van der Waals surface area (Å²) in [7, 11) is 0. The van der Waals surface area contributed by atoms with Gasteiger partial charge in [0.1, 0.15) is 0 Å². The first kappa shape index (κ1) is 16.0. The molecule has 6 heteroatoms. The smallest absolute Gasteiger partial charge is 0.393 e. The van der Waals surface area contributed by atoms with Crippen molar-refractivity contribution in [3.05, 3.63) is 16.0 Å². The monoisotopic (exact) mass is 330 g/mol. The Balaban J connectivity index is 0.000000980. The van der Waals surface area contributed by atoms with Crippen LogP contribution in [0, 0.1) is 3.57 Å².